The third-order valence-corrected chi connectivity index (χ3v) is 4.14. The van der Waals surface area contributed by atoms with Gasteiger partial charge in [0.05, 0.1) is 12.1 Å². The van der Waals surface area contributed by atoms with Crippen molar-refractivity contribution in [3.8, 4) is 0 Å². The first-order valence-electron chi connectivity index (χ1n) is 8.11. The van der Waals surface area contributed by atoms with Crippen LogP contribution < -0.4 is 11.1 Å². The van der Waals surface area contributed by atoms with Crippen molar-refractivity contribution in [1.29, 1.82) is 0 Å². The number of nitrogens with one attached hydrogen (secondary N) is 1. The van der Waals surface area contributed by atoms with E-state index in [0.29, 0.717) is 17.2 Å². The molecule has 0 aliphatic rings. The van der Waals surface area contributed by atoms with Gasteiger partial charge >= 0.3 is 0 Å². The molecule has 3 rings (SSSR count). The molecular formula is C19H21N5O. The fraction of sp³-hybridized carbons (Fsp3) is 0.211. The fourth-order valence-electron chi connectivity index (χ4n) is 2.79. The molecule has 0 spiro atoms. The van der Waals surface area contributed by atoms with Gasteiger partial charge < -0.3 is 15.6 Å². The molecular weight excluding hydrogens is 314 g/mol. The van der Waals surface area contributed by atoms with Crippen LogP contribution in [0.5, 0.6) is 0 Å². The minimum Gasteiger partial charge on any atom is -0.384 e. The SMILES string of the molecule is Cc1cc(C(=O)NCc2nccc(N)n2)c(C)n1Cc1ccccc1. The first-order chi connectivity index (χ1) is 12.0. The number of aryl methyl sites for hydroxylation is 1. The van der Waals surface area contributed by atoms with Gasteiger partial charge in [0.25, 0.3) is 5.91 Å². The van der Waals surface area contributed by atoms with Crippen molar-refractivity contribution < 1.29 is 4.79 Å². The molecule has 6 nitrogen and oxygen atoms in total. The Morgan fingerprint density at radius 1 is 1.20 bits per heavy atom. The number of amides is 1. The Morgan fingerprint density at radius 3 is 2.68 bits per heavy atom. The number of aromatic nitrogens is 3. The van der Waals surface area contributed by atoms with E-state index in [4.69, 9.17) is 5.73 Å². The molecule has 3 aromatic rings. The number of carbonyl (C=O) groups is 1. The molecule has 0 aliphatic heterocycles. The van der Waals surface area contributed by atoms with Gasteiger partial charge in [0.2, 0.25) is 0 Å². The molecule has 25 heavy (non-hydrogen) atoms. The molecule has 0 fully saturated rings. The zero-order valence-corrected chi connectivity index (χ0v) is 14.4. The fourth-order valence-corrected chi connectivity index (χ4v) is 2.79. The van der Waals surface area contributed by atoms with E-state index in [1.165, 1.54) is 5.56 Å². The summed E-state index contributed by atoms with van der Waals surface area (Å²) in [5.41, 5.74) is 9.48. The largest absolute Gasteiger partial charge is 0.384 e. The zero-order valence-electron chi connectivity index (χ0n) is 14.4. The summed E-state index contributed by atoms with van der Waals surface area (Å²) in [6, 6.07) is 13.7. The van der Waals surface area contributed by atoms with Crippen molar-refractivity contribution in [3.05, 3.63) is 77.0 Å². The summed E-state index contributed by atoms with van der Waals surface area (Å²) >= 11 is 0. The number of hydrogen-bond acceptors (Lipinski definition) is 4. The quantitative estimate of drug-likeness (QED) is 0.750. The normalized spacial score (nSPS) is 10.6. The first kappa shape index (κ1) is 16.7. The van der Waals surface area contributed by atoms with Gasteiger partial charge in [-0.15, -0.1) is 0 Å². The highest BCUT2D eigenvalue weighted by molar-refractivity contribution is 5.95. The predicted octanol–water partition coefficient (Wildman–Crippen LogP) is 2.46. The van der Waals surface area contributed by atoms with Gasteiger partial charge in [0, 0.05) is 24.1 Å². The van der Waals surface area contributed by atoms with E-state index in [9.17, 15) is 4.79 Å². The van der Waals surface area contributed by atoms with Crippen LogP contribution >= 0.6 is 0 Å². The minimum absolute atomic E-state index is 0.140. The van der Waals surface area contributed by atoms with Crippen LogP contribution in [0.15, 0.2) is 48.7 Å². The van der Waals surface area contributed by atoms with Crippen molar-refractivity contribution >= 4 is 11.7 Å². The van der Waals surface area contributed by atoms with Crippen LogP contribution in [-0.2, 0) is 13.1 Å². The van der Waals surface area contributed by atoms with Crippen LogP contribution in [0.2, 0.25) is 0 Å². The standard InChI is InChI=1S/C19H21N5O/c1-13-10-16(14(2)24(13)12-15-6-4-3-5-7-15)19(25)22-11-18-21-9-8-17(20)23-18/h3-10H,11-12H2,1-2H3,(H,22,25)(H2,20,21,23). The summed E-state index contributed by atoms with van der Waals surface area (Å²) in [5.74, 6) is 0.741. The van der Waals surface area contributed by atoms with Crippen LogP contribution in [0.4, 0.5) is 5.82 Å². The molecule has 1 aromatic carbocycles. The lowest BCUT2D eigenvalue weighted by Crippen LogP contribution is -2.24. The van der Waals surface area contributed by atoms with Gasteiger partial charge in [-0.1, -0.05) is 30.3 Å². The number of anilines is 1. The summed E-state index contributed by atoms with van der Waals surface area (Å²) in [6.07, 6.45) is 1.58. The molecule has 3 N–H and O–H groups in total. The highest BCUT2D eigenvalue weighted by atomic mass is 16.1. The lowest BCUT2D eigenvalue weighted by molar-refractivity contribution is 0.0949. The van der Waals surface area contributed by atoms with Gasteiger partial charge in [0.15, 0.2) is 0 Å². The molecule has 0 unspecified atom stereocenters. The second-order valence-electron chi connectivity index (χ2n) is 5.94. The van der Waals surface area contributed by atoms with Crippen LogP contribution in [0.3, 0.4) is 0 Å². The van der Waals surface area contributed by atoms with Gasteiger partial charge in [-0.2, -0.15) is 0 Å². The van der Waals surface area contributed by atoms with E-state index < -0.39 is 0 Å². The highest BCUT2D eigenvalue weighted by Crippen LogP contribution is 2.17. The van der Waals surface area contributed by atoms with E-state index in [0.717, 1.165) is 17.9 Å². The monoisotopic (exact) mass is 335 g/mol. The number of nitrogen functional groups attached to an aromatic ring is 1. The van der Waals surface area contributed by atoms with E-state index in [2.05, 4.69) is 32.0 Å². The van der Waals surface area contributed by atoms with Gasteiger partial charge in [0.1, 0.15) is 11.6 Å². The van der Waals surface area contributed by atoms with Crippen molar-refractivity contribution in [2.24, 2.45) is 0 Å². The van der Waals surface area contributed by atoms with Crippen LogP contribution in [0.1, 0.15) is 33.1 Å². The molecule has 2 aromatic heterocycles. The lowest BCUT2D eigenvalue weighted by Gasteiger charge is -2.10. The number of nitrogens with zero attached hydrogens (tertiary/aromatic N) is 3. The summed E-state index contributed by atoms with van der Waals surface area (Å²) in [5, 5.41) is 2.85. The average Bonchev–Trinajstić information content (AvgIpc) is 2.89. The molecule has 0 atom stereocenters. The summed E-state index contributed by atoms with van der Waals surface area (Å²) in [6.45, 7) is 4.95. The molecule has 1 amide bonds. The van der Waals surface area contributed by atoms with E-state index in [-0.39, 0.29) is 12.5 Å². The second-order valence-corrected chi connectivity index (χ2v) is 5.94. The number of hydrogen-bond donors (Lipinski definition) is 2. The number of carbonyl (C=O) groups excluding carboxylic acids is 1. The average molecular weight is 335 g/mol. The Morgan fingerprint density at radius 2 is 1.96 bits per heavy atom. The van der Waals surface area contributed by atoms with Crippen molar-refractivity contribution in [1.82, 2.24) is 19.9 Å². The van der Waals surface area contributed by atoms with Crippen LogP contribution in [0, 0.1) is 13.8 Å². The predicted molar refractivity (Wildman–Crippen MR) is 97.1 cm³/mol. The smallest absolute Gasteiger partial charge is 0.253 e. The topological polar surface area (TPSA) is 85.8 Å². The van der Waals surface area contributed by atoms with Gasteiger partial charge in [-0.25, -0.2) is 9.97 Å². The number of benzene rings is 1. The first-order valence-corrected chi connectivity index (χ1v) is 8.11. The summed E-state index contributed by atoms with van der Waals surface area (Å²) in [4.78, 5) is 20.7. The van der Waals surface area contributed by atoms with E-state index in [1.54, 1.807) is 12.3 Å². The maximum Gasteiger partial charge on any atom is 0.253 e. The maximum atomic E-state index is 12.5. The third kappa shape index (κ3) is 3.85. The Kier molecular flexibility index (Phi) is 4.79. The van der Waals surface area contributed by atoms with Crippen molar-refractivity contribution in [2.45, 2.75) is 26.9 Å². The van der Waals surface area contributed by atoms with Crippen molar-refractivity contribution in [3.63, 3.8) is 0 Å². The van der Waals surface area contributed by atoms with Crippen LogP contribution in [0.25, 0.3) is 0 Å². The van der Waals surface area contributed by atoms with Gasteiger partial charge in [-0.3, -0.25) is 4.79 Å². The maximum absolute atomic E-state index is 12.5. The van der Waals surface area contributed by atoms with Crippen LogP contribution in [-0.4, -0.2) is 20.4 Å². The second kappa shape index (κ2) is 7.17. The zero-order chi connectivity index (χ0) is 17.8. The highest BCUT2D eigenvalue weighted by Gasteiger charge is 2.16. The minimum atomic E-state index is -0.140. The Labute approximate surface area is 146 Å². The molecule has 0 radical (unpaired) electrons. The molecule has 0 aliphatic carbocycles. The lowest BCUT2D eigenvalue weighted by atomic mass is 10.2. The molecule has 2 heterocycles. The van der Waals surface area contributed by atoms with Crippen molar-refractivity contribution in [2.75, 3.05) is 5.73 Å². The Bertz CT molecular complexity index is 886. The molecule has 0 bridgehead atoms. The van der Waals surface area contributed by atoms with Gasteiger partial charge in [-0.05, 0) is 31.5 Å². The van der Waals surface area contributed by atoms with E-state index in [1.807, 2.05) is 38.1 Å². The third-order valence-electron chi connectivity index (χ3n) is 4.14. The summed E-state index contributed by atoms with van der Waals surface area (Å²) in [7, 11) is 0. The summed E-state index contributed by atoms with van der Waals surface area (Å²) < 4.78 is 2.14. The Hall–Kier alpha value is -3.15. The molecule has 128 valence electrons. The molecule has 6 heteroatoms. The molecule has 0 saturated heterocycles. The van der Waals surface area contributed by atoms with E-state index >= 15 is 0 Å². The Balaban J connectivity index is 1.74. The number of rotatable bonds is 5. The number of nitrogens with two attached hydrogens (primary N) is 1. The molecule has 0 saturated carbocycles.